The van der Waals surface area contributed by atoms with Crippen molar-refractivity contribution in [1.29, 1.82) is 0 Å². The number of amides is 1. The van der Waals surface area contributed by atoms with Gasteiger partial charge in [-0.2, -0.15) is 0 Å². The Bertz CT molecular complexity index is 493. The van der Waals surface area contributed by atoms with Crippen molar-refractivity contribution in [2.75, 3.05) is 4.90 Å². The molecule has 82 valence electrons. The maximum Gasteiger partial charge on any atom is 0.224 e. The molecule has 0 bridgehead atoms. The first-order valence-corrected chi connectivity index (χ1v) is 4.97. The molecule has 0 aliphatic carbocycles. The van der Waals surface area contributed by atoms with Crippen LogP contribution in [-0.4, -0.2) is 23.5 Å². The standard InChI is InChI=1S/C12H11NO3/c1-7(14)11-12(16)9-5-3-4-6-10(9)13(11)8(2)15/h3-6,11H,1-2H3/t11-/m0/s1. The molecule has 0 unspecified atom stereocenters. The number of carbonyl (C=O) groups is 3. The lowest BCUT2D eigenvalue weighted by molar-refractivity contribution is -0.122. The Morgan fingerprint density at radius 3 is 2.38 bits per heavy atom. The molecule has 4 nitrogen and oxygen atoms in total. The van der Waals surface area contributed by atoms with Gasteiger partial charge in [0, 0.05) is 12.5 Å². The summed E-state index contributed by atoms with van der Waals surface area (Å²) in [7, 11) is 0. The van der Waals surface area contributed by atoms with Gasteiger partial charge in [-0.1, -0.05) is 12.1 Å². The number of nitrogens with zero attached hydrogens (tertiary/aromatic N) is 1. The first-order valence-electron chi connectivity index (χ1n) is 4.97. The summed E-state index contributed by atoms with van der Waals surface area (Å²) in [5.74, 6) is -0.895. The summed E-state index contributed by atoms with van der Waals surface area (Å²) in [6.45, 7) is 2.68. The molecule has 0 fully saturated rings. The summed E-state index contributed by atoms with van der Waals surface area (Å²) in [4.78, 5) is 36.1. The zero-order valence-electron chi connectivity index (χ0n) is 9.06. The van der Waals surface area contributed by atoms with Crippen molar-refractivity contribution in [2.24, 2.45) is 0 Å². The van der Waals surface area contributed by atoms with E-state index in [9.17, 15) is 14.4 Å². The van der Waals surface area contributed by atoms with Gasteiger partial charge >= 0.3 is 0 Å². The highest BCUT2D eigenvalue weighted by Gasteiger charge is 2.41. The maximum absolute atomic E-state index is 11.9. The molecule has 0 saturated heterocycles. The van der Waals surface area contributed by atoms with Crippen molar-refractivity contribution in [3.8, 4) is 0 Å². The molecular weight excluding hydrogens is 206 g/mol. The molecular formula is C12H11NO3. The normalized spacial score (nSPS) is 18.5. The van der Waals surface area contributed by atoms with Crippen LogP contribution in [0.3, 0.4) is 0 Å². The van der Waals surface area contributed by atoms with Gasteiger partial charge < -0.3 is 0 Å². The van der Waals surface area contributed by atoms with Gasteiger partial charge in [-0.15, -0.1) is 0 Å². The summed E-state index contributed by atoms with van der Waals surface area (Å²) >= 11 is 0. The average Bonchev–Trinajstić information content (AvgIpc) is 2.53. The molecule has 0 radical (unpaired) electrons. The second kappa shape index (κ2) is 3.56. The van der Waals surface area contributed by atoms with E-state index in [1.54, 1.807) is 24.3 Å². The third-order valence-corrected chi connectivity index (χ3v) is 2.66. The second-order valence-electron chi connectivity index (χ2n) is 3.78. The minimum Gasteiger partial charge on any atom is -0.297 e. The summed E-state index contributed by atoms with van der Waals surface area (Å²) in [6.07, 6.45) is 0. The maximum atomic E-state index is 11.9. The largest absolute Gasteiger partial charge is 0.297 e. The molecule has 2 rings (SSSR count). The van der Waals surface area contributed by atoms with Gasteiger partial charge in [0.05, 0.1) is 5.69 Å². The van der Waals surface area contributed by atoms with E-state index in [-0.39, 0.29) is 17.5 Å². The Kier molecular flexibility index (Phi) is 2.34. The van der Waals surface area contributed by atoms with E-state index in [4.69, 9.17) is 0 Å². The van der Waals surface area contributed by atoms with Crippen LogP contribution in [0.1, 0.15) is 24.2 Å². The molecule has 1 aliphatic heterocycles. The van der Waals surface area contributed by atoms with Crippen LogP contribution >= 0.6 is 0 Å². The van der Waals surface area contributed by atoms with E-state index in [1.807, 2.05) is 0 Å². The fourth-order valence-electron chi connectivity index (χ4n) is 2.01. The first-order chi connectivity index (χ1) is 7.54. The van der Waals surface area contributed by atoms with Crippen molar-refractivity contribution in [1.82, 2.24) is 0 Å². The zero-order valence-corrected chi connectivity index (χ0v) is 9.06. The quantitative estimate of drug-likeness (QED) is 0.664. The molecule has 0 spiro atoms. The van der Waals surface area contributed by atoms with E-state index in [2.05, 4.69) is 0 Å². The van der Waals surface area contributed by atoms with Crippen LogP contribution in [0.15, 0.2) is 24.3 Å². The molecule has 1 atom stereocenters. The number of ketones is 2. The third kappa shape index (κ3) is 1.34. The predicted molar refractivity (Wildman–Crippen MR) is 58.4 cm³/mol. The average molecular weight is 217 g/mol. The van der Waals surface area contributed by atoms with Crippen molar-refractivity contribution in [3.05, 3.63) is 29.8 Å². The molecule has 0 N–H and O–H groups in total. The molecule has 1 aromatic rings. The van der Waals surface area contributed by atoms with Crippen molar-refractivity contribution < 1.29 is 14.4 Å². The predicted octanol–water partition coefficient (Wildman–Crippen LogP) is 1.19. The van der Waals surface area contributed by atoms with Crippen LogP contribution in [0.25, 0.3) is 0 Å². The van der Waals surface area contributed by atoms with E-state index in [1.165, 1.54) is 18.7 Å². The Labute approximate surface area is 92.9 Å². The van der Waals surface area contributed by atoms with Gasteiger partial charge in [-0.25, -0.2) is 0 Å². The number of hydrogen-bond donors (Lipinski definition) is 0. The van der Waals surface area contributed by atoms with Crippen LogP contribution in [0.4, 0.5) is 5.69 Å². The van der Waals surface area contributed by atoms with Gasteiger partial charge in [-0.05, 0) is 19.1 Å². The molecule has 1 aromatic carbocycles. The minimum absolute atomic E-state index is 0.293. The van der Waals surface area contributed by atoms with E-state index < -0.39 is 6.04 Å². The van der Waals surface area contributed by atoms with Crippen LogP contribution in [0.2, 0.25) is 0 Å². The van der Waals surface area contributed by atoms with E-state index in [0.717, 1.165) is 0 Å². The molecule has 4 heteroatoms. The number of carbonyl (C=O) groups excluding carboxylic acids is 3. The molecule has 0 saturated carbocycles. The zero-order chi connectivity index (χ0) is 11.9. The van der Waals surface area contributed by atoms with E-state index >= 15 is 0 Å². The number of anilines is 1. The SMILES string of the molecule is CC(=O)[C@H]1C(=O)c2ccccc2N1C(C)=O. The third-order valence-electron chi connectivity index (χ3n) is 2.66. The van der Waals surface area contributed by atoms with E-state index in [0.29, 0.717) is 11.3 Å². The Hall–Kier alpha value is -1.97. The lowest BCUT2D eigenvalue weighted by Crippen LogP contribution is -2.43. The highest BCUT2D eigenvalue weighted by molar-refractivity contribution is 6.26. The molecule has 1 amide bonds. The Morgan fingerprint density at radius 1 is 1.19 bits per heavy atom. The minimum atomic E-state index is -0.977. The lowest BCUT2D eigenvalue weighted by atomic mass is 10.1. The van der Waals surface area contributed by atoms with Crippen molar-refractivity contribution in [2.45, 2.75) is 19.9 Å². The summed E-state index contributed by atoms with van der Waals surface area (Å²) in [5.41, 5.74) is 0.970. The highest BCUT2D eigenvalue weighted by atomic mass is 16.2. The summed E-state index contributed by atoms with van der Waals surface area (Å²) in [6, 6.07) is 5.80. The number of hydrogen-bond acceptors (Lipinski definition) is 3. The highest BCUT2D eigenvalue weighted by Crippen LogP contribution is 2.32. The number of para-hydroxylation sites is 1. The van der Waals surface area contributed by atoms with Gasteiger partial charge in [0.25, 0.3) is 0 Å². The van der Waals surface area contributed by atoms with Gasteiger partial charge in [0.15, 0.2) is 17.6 Å². The van der Waals surface area contributed by atoms with Gasteiger partial charge in [0.2, 0.25) is 5.91 Å². The molecule has 1 heterocycles. The summed E-state index contributed by atoms with van der Waals surface area (Å²) in [5, 5.41) is 0. The number of fused-ring (bicyclic) bond motifs is 1. The van der Waals surface area contributed by atoms with Crippen LogP contribution in [-0.2, 0) is 9.59 Å². The lowest BCUT2D eigenvalue weighted by Gasteiger charge is -2.20. The Morgan fingerprint density at radius 2 is 1.81 bits per heavy atom. The second-order valence-corrected chi connectivity index (χ2v) is 3.78. The fourth-order valence-corrected chi connectivity index (χ4v) is 2.01. The number of Topliss-reactive ketones (excluding diaryl/α,β-unsaturated/α-hetero) is 2. The number of benzene rings is 1. The molecule has 1 aliphatic rings. The fraction of sp³-hybridized carbons (Fsp3) is 0.250. The Balaban J connectivity index is 2.60. The van der Waals surface area contributed by atoms with Gasteiger partial charge in [-0.3, -0.25) is 19.3 Å². The monoisotopic (exact) mass is 217 g/mol. The summed E-state index contributed by atoms with van der Waals surface area (Å²) < 4.78 is 0. The smallest absolute Gasteiger partial charge is 0.224 e. The molecule has 16 heavy (non-hydrogen) atoms. The topological polar surface area (TPSA) is 54.5 Å². The van der Waals surface area contributed by atoms with Gasteiger partial charge in [0.1, 0.15) is 0 Å². The first kappa shape index (κ1) is 10.5. The number of rotatable bonds is 1. The van der Waals surface area contributed by atoms with Crippen molar-refractivity contribution >= 4 is 23.2 Å². The molecule has 0 aromatic heterocycles. The van der Waals surface area contributed by atoms with Crippen LogP contribution in [0, 0.1) is 0 Å². The van der Waals surface area contributed by atoms with Crippen molar-refractivity contribution in [3.63, 3.8) is 0 Å². The van der Waals surface area contributed by atoms with Crippen LogP contribution in [0.5, 0.6) is 0 Å². The van der Waals surface area contributed by atoms with Crippen LogP contribution < -0.4 is 4.90 Å².